The molecule has 2 amide bonds. The lowest BCUT2D eigenvalue weighted by Gasteiger charge is -2.25. The average Bonchev–Trinajstić information content (AvgIpc) is 2.97. The number of phosphoric ester groups is 1. The number of carbonyl (C=O) groups excluding carboxylic acids is 2. The summed E-state index contributed by atoms with van der Waals surface area (Å²) < 4.78 is 16.5. The standard InChI is InChI=1S/C25H24ClN2O6P/c1-16-14-19(27-24(29)17-6-3-2-4-7-17)10-11-20(16)25(30)28-13-5-8-23(34-35(31,32)33)21-15-18(26)9-12-22(21)28/h2-4,6-7,9-12,14-15,23H,5,8,13H2,1H3,(H,27,29)(H2,31,32,33). The molecule has 0 bridgehead atoms. The lowest BCUT2D eigenvalue weighted by atomic mass is 10.0. The highest BCUT2D eigenvalue weighted by atomic mass is 35.5. The summed E-state index contributed by atoms with van der Waals surface area (Å²) in [5.41, 5.74) is 3.12. The normalized spacial score (nSPS) is 15.8. The molecule has 4 rings (SSSR count). The topological polar surface area (TPSA) is 116 Å². The Bertz CT molecular complexity index is 1310. The first-order valence-electron chi connectivity index (χ1n) is 10.9. The van der Waals surface area contributed by atoms with Gasteiger partial charge in [-0.05, 0) is 73.9 Å². The van der Waals surface area contributed by atoms with Crippen molar-refractivity contribution in [3.8, 4) is 0 Å². The molecule has 35 heavy (non-hydrogen) atoms. The summed E-state index contributed by atoms with van der Waals surface area (Å²) >= 11 is 6.15. The molecule has 3 N–H and O–H groups in total. The van der Waals surface area contributed by atoms with Gasteiger partial charge in [0.25, 0.3) is 11.8 Å². The Hall–Kier alpha value is -3.00. The SMILES string of the molecule is Cc1cc(NC(=O)c2ccccc2)ccc1C(=O)N1CCCC(OP(=O)(O)O)c2cc(Cl)ccc21. The van der Waals surface area contributed by atoms with Crippen molar-refractivity contribution in [2.24, 2.45) is 0 Å². The minimum atomic E-state index is -4.75. The fourth-order valence-corrected chi connectivity index (χ4v) is 4.88. The molecular weight excluding hydrogens is 491 g/mol. The molecule has 0 saturated heterocycles. The van der Waals surface area contributed by atoms with Gasteiger partial charge < -0.3 is 20.0 Å². The highest BCUT2D eigenvalue weighted by molar-refractivity contribution is 7.46. The molecule has 1 aliphatic heterocycles. The first-order valence-corrected chi connectivity index (χ1v) is 12.9. The molecule has 3 aromatic carbocycles. The number of phosphoric acid groups is 1. The number of nitrogens with one attached hydrogen (secondary N) is 1. The Labute approximate surface area is 207 Å². The van der Waals surface area contributed by atoms with Crippen molar-refractivity contribution in [1.29, 1.82) is 0 Å². The third kappa shape index (κ3) is 5.99. The Morgan fingerprint density at radius 3 is 2.51 bits per heavy atom. The first kappa shape index (κ1) is 25.1. The summed E-state index contributed by atoms with van der Waals surface area (Å²) in [6.45, 7) is 2.12. The van der Waals surface area contributed by atoms with Gasteiger partial charge in [0.2, 0.25) is 0 Å². The molecule has 1 aliphatic rings. The van der Waals surface area contributed by atoms with Crippen LogP contribution < -0.4 is 10.2 Å². The molecule has 182 valence electrons. The second-order valence-corrected chi connectivity index (χ2v) is 9.87. The van der Waals surface area contributed by atoms with E-state index in [-0.39, 0.29) is 11.8 Å². The van der Waals surface area contributed by atoms with E-state index in [1.54, 1.807) is 72.5 Å². The van der Waals surface area contributed by atoms with Crippen molar-refractivity contribution in [1.82, 2.24) is 0 Å². The molecule has 0 spiro atoms. The van der Waals surface area contributed by atoms with Crippen LogP contribution in [-0.2, 0) is 9.09 Å². The summed E-state index contributed by atoms with van der Waals surface area (Å²) in [6, 6.07) is 18.7. The smallest absolute Gasteiger partial charge is 0.322 e. The van der Waals surface area contributed by atoms with Crippen LogP contribution in [0.1, 0.15) is 50.8 Å². The van der Waals surface area contributed by atoms with Gasteiger partial charge in [-0.2, -0.15) is 0 Å². The third-order valence-corrected chi connectivity index (χ3v) is 6.50. The number of hydrogen-bond donors (Lipinski definition) is 3. The molecule has 0 aromatic heterocycles. The zero-order chi connectivity index (χ0) is 25.2. The Kier molecular flexibility index (Phi) is 7.40. The second-order valence-electron chi connectivity index (χ2n) is 8.24. The number of halogens is 1. The number of fused-ring (bicyclic) bond motifs is 1. The number of amides is 2. The van der Waals surface area contributed by atoms with E-state index in [1.165, 1.54) is 0 Å². The van der Waals surface area contributed by atoms with Crippen LogP contribution in [0.2, 0.25) is 5.02 Å². The lowest BCUT2D eigenvalue weighted by Crippen LogP contribution is -2.32. The van der Waals surface area contributed by atoms with E-state index in [2.05, 4.69) is 5.32 Å². The van der Waals surface area contributed by atoms with Crippen LogP contribution in [-0.4, -0.2) is 28.1 Å². The van der Waals surface area contributed by atoms with E-state index in [0.29, 0.717) is 58.0 Å². The largest absolute Gasteiger partial charge is 0.470 e. The van der Waals surface area contributed by atoms with Crippen molar-refractivity contribution in [3.63, 3.8) is 0 Å². The monoisotopic (exact) mass is 514 g/mol. The fraction of sp³-hybridized carbons (Fsp3) is 0.200. The molecule has 1 heterocycles. The van der Waals surface area contributed by atoms with Crippen LogP contribution in [0, 0.1) is 6.92 Å². The minimum absolute atomic E-state index is 0.251. The summed E-state index contributed by atoms with van der Waals surface area (Å²) in [6.07, 6.45) is -0.127. The molecule has 1 atom stereocenters. The Morgan fingerprint density at radius 2 is 1.83 bits per heavy atom. The van der Waals surface area contributed by atoms with Crippen molar-refractivity contribution < 1.29 is 28.5 Å². The van der Waals surface area contributed by atoms with Gasteiger partial charge in [-0.25, -0.2) is 4.57 Å². The van der Waals surface area contributed by atoms with E-state index < -0.39 is 13.9 Å². The van der Waals surface area contributed by atoms with Crippen molar-refractivity contribution in [2.45, 2.75) is 25.9 Å². The van der Waals surface area contributed by atoms with Gasteiger partial charge >= 0.3 is 7.82 Å². The van der Waals surface area contributed by atoms with E-state index in [4.69, 9.17) is 16.1 Å². The number of carbonyl (C=O) groups is 2. The number of anilines is 2. The predicted molar refractivity (Wildman–Crippen MR) is 134 cm³/mol. The molecule has 3 aromatic rings. The summed E-state index contributed by atoms with van der Waals surface area (Å²) in [5, 5.41) is 3.20. The van der Waals surface area contributed by atoms with Crippen LogP contribution in [0.15, 0.2) is 66.7 Å². The maximum absolute atomic E-state index is 13.6. The second kappa shape index (κ2) is 10.3. The molecular formula is C25H24ClN2O6P. The molecule has 0 fully saturated rings. The molecule has 0 saturated carbocycles. The molecule has 0 radical (unpaired) electrons. The molecule has 1 unspecified atom stereocenters. The summed E-state index contributed by atoms with van der Waals surface area (Å²) in [7, 11) is -4.75. The number of aryl methyl sites for hydroxylation is 1. The highest BCUT2D eigenvalue weighted by Gasteiger charge is 2.32. The zero-order valence-electron chi connectivity index (χ0n) is 18.8. The van der Waals surface area contributed by atoms with Crippen LogP contribution >= 0.6 is 19.4 Å². The number of benzene rings is 3. The summed E-state index contributed by atoms with van der Waals surface area (Å²) in [4.78, 5) is 46.3. The van der Waals surface area contributed by atoms with Crippen molar-refractivity contribution in [3.05, 3.63) is 94.0 Å². The van der Waals surface area contributed by atoms with Crippen LogP contribution in [0.4, 0.5) is 11.4 Å². The first-order chi connectivity index (χ1) is 16.6. The maximum atomic E-state index is 13.6. The van der Waals surface area contributed by atoms with E-state index in [1.807, 2.05) is 6.07 Å². The molecule has 0 aliphatic carbocycles. The fourth-order valence-electron chi connectivity index (χ4n) is 4.15. The van der Waals surface area contributed by atoms with Gasteiger partial charge in [-0.15, -0.1) is 0 Å². The average molecular weight is 515 g/mol. The molecule has 8 nitrogen and oxygen atoms in total. The highest BCUT2D eigenvalue weighted by Crippen LogP contribution is 2.47. The lowest BCUT2D eigenvalue weighted by molar-refractivity contribution is 0.0984. The van der Waals surface area contributed by atoms with Gasteiger partial charge in [-0.1, -0.05) is 29.8 Å². The van der Waals surface area contributed by atoms with Crippen molar-refractivity contribution in [2.75, 3.05) is 16.8 Å². The van der Waals surface area contributed by atoms with Crippen molar-refractivity contribution >= 4 is 42.6 Å². The van der Waals surface area contributed by atoms with Crippen LogP contribution in [0.5, 0.6) is 0 Å². The van der Waals surface area contributed by atoms with Gasteiger partial charge in [0.15, 0.2) is 0 Å². The number of rotatable bonds is 5. The Balaban J connectivity index is 1.61. The Morgan fingerprint density at radius 1 is 1.09 bits per heavy atom. The van der Waals surface area contributed by atoms with E-state index in [9.17, 15) is 23.9 Å². The van der Waals surface area contributed by atoms with Crippen LogP contribution in [0.25, 0.3) is 0 Å². The van der Waals surface area contributed by atoms with Gasteiger partial charge in [-0.3, -0.25) is 14.1 Å². The van der Waals surface area contributed by atoms with Crippen LogP contribution in [0.3, 0.4) is 0 Å². The van der Waals surface area contributed by atoms with E-state index in [0.717, 1.165) is 0 Å². The predicted octanol–water partition coefficient (Wildman–Crippen LogP) is 5.49. The zero-order valence-corrected chi connectivity index (χ0v) is 20.5. The molecule has 10 heteroatoms. The quantitative estimate of drug-likeness (QED) is 0.388. The summed E-state index contributed by atoms with van der Waals surface area (Å²) in [5.74, 6) is -0.526. The van der Waals surface area contributed by atoms with Gasteiger partial charge in [0.1, 0.15) is 0 Å². The number of nitrogens with zero attached hydrogens (tertiary/aromatic N) is 1. The third-order valence-electron chi connectivity index (χ3n) is 5.74. The number of hydrogen-bond acceptors (Lipinski definition) is 4. The van der Waals surface area contributed by atoms with E-state index >= 15 is 0 Å². The maximum Gasteiger partial charge on any atom is 0.470 e. The minimum Gasteiger partial charge on any atom is -0.322 e. The van der Waals surface area contributed by atoms with Gasteiger partial charge in [0.05, 0.1) is 6.10 Å². The van der Waals surface area contributed by atoms with Gasteiger partial charge in [0, 0.05) is 39.6 Å².